The van der Waals surface area contributed by atoms with E-state index in [1.54, 1.807) is 20.8 Å². The Morgan fingerprint density at radius 2 is 1.09 bits per heavy atom. The lowest BCUT2D eigenvalue weighted by molar-refractivity contribution is -0.160. The van der Waals surface area contributed by atoms with Gasteiger partial charge < -0.3 is 18.3 Å². The zero-order valence-electron chi connectivity index (χ0n) is 24.3. The highest BCUT2D eigenvalue weighted by Crippen LogP contribution is 2.41. The standard InChI is InChI=1S/C25H48O8Si2/c1-23(2,3)31-19(28)16-17(26)15-18(27)20(32-34(11,12)24(4,5)6)21(22(29)30-10)33-35(13,14)25(7,8)9/h20-21H,15-16H2,1-14H3/t20-,21+/m0/s1. The van der Waals surface area contributed by atoms with Crippen LogP contribution >= 0.6 is 0 Å². The number of esters is 2. The van der Waals surface area contributed by atoms with Gasteiger partial charge in [-0.3, -0.25) is 14.4 Å². The summed E-state index contributed by atoms with van der Waals surface area (Å²) in [4.78, 5) is 51.1. The van der Waals surface area contributed by atoms with Crippen LogP contribution in [0.1, 0.15) is 75.2 Å². The maximum atomic E-state index is 13.5. The minimum atomic E-state index is -2.58. The van der Waals surface area contributed by atoms with Gasteiger partial charge in [-0.2, -0.15) is 0 Å². The van der Waals surface area contributed by atoms with E-state index in [1.807, 2.05) is 67.7 Å². The van der Waals surface area contributed by atoms with Crippen LogP contribution in [-0.2, 0) is 37.5 Å². The van der Waals surface area contributed by atoms with Crippen LogP contribution in [0.25, 0.3) is 0 Å². The number of Topliss-reactive ketones (excluding diaryl/α,β-unsaturated/α-hetero) is 2. The van der Waals surface area contributed by atoms with E-state index in [4.69, 9.17) is 18.3 Å². The van der Waals surface area contributed by atoms with E-state index in [-0.39, 0.29) is 10.1 Å². The molecule has 0 aromatic heterocycles. The highest BCUT2D eigenvalue weighted by Gasteiger charge is 2.49. The molecule has 0 fully saturated rings. The molecular weight excluding hydrogens is 484 g/mol. The molecule has 0 aliphatic carbocycles. The monoisotopic (exact) mass is 532 g/mol. The Bertz CT molecular complexity index is 783. The Kier molecular flexibility index (Phi) is 11.3. The quantitative estimate of drug-likeness (QED) is 0.203. The first-order valence-corrected chi connectivity index (χ1v) is 17.9. The van der Waals surface area contributed by atoms with Gasteiger partial charge in [0.2, 0.25) is 0 Å². The summed E-state index contributed by atoms with van der Waals surface area (Å²) in [6, 6.07) is 0. The fraction of sp³-hybridized carbons (Fsp3) is 0.840. The Morgan fingerprint density at radius 1 is 0.686 bits per heavy atom. The van der Waals surface area contributed by atoms with E-state index in [2.05, 4.69) is 0 Å². The normalized spacial score (nSPS) is 15.3. The summed E-state index contributed by atoms with van der Waals surface area (Å²) >= 11 is 0. The van der Waals surface area contributed by atoms with E-state index in [0.717, 1.165) is 0 Å². The van der Waals surface area contributed by atoms with Crippen LogP contribution in [0.3, 0.4) is 0 Å². The summed E-state index contributed by atoms with van der Waals surface area (Å²) in [5.74, 6) is -2.66. The van der Waals surface area contributed by atoms with Gasteiger partial charge in [0.1, 0.15) is 18.1 Å². The fourth-order valence-electron chi connectivity index (χ4n) is 2.53. The molecule has 2 atom stereocenters. The van der Waals surface area contributed by atoms with Gasteiger partial charge in [-0.25, -0.2) is 4.79 Å². The molecule has 0 aliphatic heterocycles. The Labute approximate surface area is 214 Å². The minimum absolute atomic E-state index is 0.254. The van der Waals surface area contributed by atoms with Crippen LogP contribution in [0.4, 0.5) is 0 Å². The van der Waals surface area contributed by atoms with Crippen molar-refractivity contribution >= 4 is 40.1 Å². The van der Waals surface area contributed by atoms with Gasteiger partial charge >= 0.3 is 11.9 Å². The molecule has 204 valence electrons. The van der Waals surface area contributed by atoms with Crippen molar-refractivity contribution < 1.29 is 37.5 Å². The molecule has 0 aromatic rings. The van der Waals surface area contributed by atoms with Gasteiger partial charge in [0.05, 0.1) is 13.5 Å². The molecule has 0 heterocycles. The zero-order chi connectivity index (χ0) is 28.2. The predicted octanol–water partition coefficient (Wildman–Crippen LogP) is 5.20. The number of carbonyl (C=O) groups is 4. The largest absolute Gasteiger partial charge is 0.467 e. The van der Waals surface area contributed by atoms with Crippen LogP contribution in [0.2, 0.25) is 36.3 Å². The Balaban J connectivity index is 6.21. The number of hydrogen-bond donors (Lipinski definition) is 0. The van der Waals surface area contributed by atoms with Crippen molar-refractivity contribution in [3.05, 3.63) is 0 Å². The van der Waals surface area contributed by atoms with Crippen molar-refractivity contribution in [2.75, 3.05) is 7.11 Å². The second-order valence-corrected chi connectivity index (χ2v) is 22.6. The second-order valence-electron chi connectivity index (χ2n) is 13.1. The average Bonchev–Trinajstić information content (AvgIpc) is 2.59. The summed E-state index contributed by atoms with van der Waals surface area (Å²) < 4.78 is 23.0. The van der Waals surface area contributed by atoms with Crippen LogP contribution < -0.4 is 0 Å². The van der Waals surface area contributed by atoms with Crippen LogP contribution in [0.15, 0.2) is 0 Å². The van der Waals surface area contributed by atoms with Gasteiger partial charge in [0.15, 0.2) is 34.3 Å². The summed E-state index contributed by atoms with van der Waals surface area (Å²) in [5, 5.41) is -0.528. The van der Waals surface area contributed by atoms with Gasteiger partial charge in [-0.05, 0) is 57.0 Å². The first-order chi connectivity index (χ1) is 15.3. The maximum absolute atomic E-state index is 13.5. The number of hydrogen-bond acceptors (Lipinski definition) is 8. The number of rotatable bonds is 11. The number of ketones is 2. The van der Waals surface area contributed by atoms with Crippen molar-refractivity contribution in [3.63, 3.8) is 0 Å². The van der Waals surface area contributed by atoms with Gasteiger partial charge in [-0.15, -0.1) is 0 Å². The lowest BCUT2D eigenvalue weighted by Crippen LogP contribution is -2.57. The van der Waals surface area contributed by atoms with Gasteiger partial charge in [0, 0.05) is 0 Å². The molecule has 0 bridgehead atoms. The third kappa shape index (κ3) is 10.6. The molecule has 0 spiro atoms. The summed E-state index contributed by atoms with van der Waals surface area (Å²) in [5.41, 5.74) is -0.748. The lowest BCUT2D eigenvalue weighted by Gasteiger charge is -2.43. The van der Waals surface area contributed by atoms with Crippen molar-refractivity contribution in [1.82, 2.24) is 0 Å². The number of carbonyl (C=O) groups excluding carboxylic acids is 4. The minimum Gasteiger partial charge on any atom is -0.467 e. The first kappa shape index (κ1) is 33.6. The molecule has 8 nitrogen and oxygen atoms in total. The smallest absolute Gasteiger partial charge is 0.336 e. The molecule has 0 N–H and O–H groups in total. The van der Waals surface area contributed by atoms with E-state index in [1.165, 1.54) is 7.11 Å². The molecule has 0 saturated heterocycles. The third-order valence-corrected chi connectivity index (χ3v) is 15.5. The SMILES string of the molecule is COC(=O)[C@H](O[Si](C)(C)C(C)(C)C)[C@@H](O[Si](C)(C)C(C)(C)C)C(=O)CC(=O)CC(=O)OC(C)(C)C. The Hall–Kier alpha value is -1.37. The molecular formula is C25H48O8Si2. The summed E-state index contributed by atoms with van der Waals surface area (Å²) in [6.45, 7) is 25.0. The topological polar surface area (TPSA) is 105 Å². The molecule has 0 saturated carbocycles. The molecule has 0 rings (SSSR count). The fourth-order valence-corrected chi connectivity index (χ4v) is 4.98. The molecule has 35 heavy (non-hydrogen) atoms. The molecule has 0 aliphatic rings. The molecule has 10 heteroatoms. The van der Waals surface area contributed by atoms with Crippen LogP contribution in [0.5, 0.6) is 0 Å². The van der Waals surface area contributed by atoms with Crippen molar-refractivity contribution in [1.29, 1.82) is 0 Å². The van der Waals surface area contributed by atoms with Gasteiger partial charge in [0.25, 0.3) is 0 Å². The van der Waals surface area contributed by atoms with E-state index < -0.39 is 70.8 Å². The predicted molar refractivity (Wildman–Crippen MR) is 141 cm³/mol. The number of methoxy groups -OCH3 is 1. The summed E-state index contributed by atoms with van der Waals surface area (Å²) in [6.07, 6.45) is -3.77. The summed E-state index contributed by atoms with van der Waals surface area (Å²) in [7, 11) is -3.90. The van der Waals surface area contributed by atoms with Crippen molar-refractivity contribution in [3.8, 4) is 0 Å². The second kappa shape index (κ2) is 11.8. The highest BCUT2D eigenvalue weighted by atomic mass is 28.4. The zero-order valence-corrected chi connectivity index (χ0v) is 26.3. The lowest BCUT2D eigenvalue weighted by atomic mass is 10.0. The average molecular weight is 533 g/mol. The Morgan fingerprint density at radius 3 is 1.43 bits per heavy atom. The number of ether oxygens (including phenoxy) is 2. The van der Waals surface area contributed by atoms with Crippen LogP contribution in [-0.4, -0.2) is 65.1 Å². The molecule has 0 unspecified atom stereocenters. The molecule has 0 amide bonds. The van der Waals surface area contributed by atoms with E-state index >= 15 is 0 Å². The van der Waals surface area contributed by atoms with Gasteiger partial charge in [-0.1, -0.05) is 41.5 Å². The molecule has 0 aromatic carbocycles. The molecule has 0 radical (unpaired) electrons. The first-order valence-electron chi connectivity index (χ1n) is 12.0. The van der Waals surface area contributed by atoms with E-state index in [9.17, 15) is 19.2 Å². The van der Waals surface area contributed by atoms with Crippen molar-refractivity contribution in [2.24, 2.45) is 0 Å². The maximum Gasteiger partial charge on any atom is 0.336 e. The third-order valence-electron chi connectivity index (χ3n) is 6.61. The van der Waals surface area contributed by atoms with Crippen LogP contribution in [0, 0.1) is 0 Å². The van der Waals surface area contributed by atoms with E-state index in [0.29, 0.717) is 0 Å². The van der Waals surface area contributed by atoms with Crippen molar-refractivity contribution in [2.45, 2.75) is 129 Å². The highest BCUT2D eigenvalue weighted by molar-refractivity contribution is 6.75.